The van der Waals surface area contributed by atoms with Gasteiger partial charge in [0.2, 0.25) is 10.0 Å². The summed E-state index contributed by atoms with van der Waals surface area (Å²) in [4.78, 5) is 6.95. The van der Waals surface area contributed by atoms with Crippen molar-refractivity contribution in [2.75, 3.05) is 19.6 Å². The Morgan fingerprint density at radius 1 is 1.04 bits per heavy atom. The summed E-state index contributed by atoms with van der Waals surface area (Å²) in [6.07, 6.45) is 5.68. The minimum absolute atomic E-state index is 0.384. The van der Waals surface area contributed by atoms with Crippen molar-refractivity contribution in [3.05, 3.63) is 58.4 Å². The highest BCUT2D eigenvalue weighted by atomic mass is 32.2. The van der Waals surface area contributed by atoms with Crippen LogP contribution >= 0.6 is 0 Å². The number of sulfonamides is 1. The van der Waals surface area contributed by atoms with Gasteiger partial charge in [0.05, 0.1) is 4.90 Å². The van der Waals surface area contributed by atoms with Crippen LogP contribution in [0.4, 0.5) is 0 Å². The number of piperidine rings is 1. The zero-order valence-corrected chi connectivity index (χ0v) is 18.1. The van der Waals surface area contributed by atoms with Crippen molar-refractivity contribution >= 4 is 10.0 Å². The number of rotatable bonds is 6. The van der Waals surface area contributed by atoms with Gasteiger partial charge in [0.15, 0.2) is 0 Å². The van der Waals surface area contributed by atoms with E-state index in [1.165, 1.54) is 5.56 Å². The first kappa shape index (κ1) is 21.0. The lowest BCUT2D eigenvalue weighted by atomic mass is 9.97. The van der Waals surface area contributed by atoms with E-state index in [4.69, 9.17) is 0 Å². The van der Waals surface area contributed by atoms with Gasteiger partial charge in [-0.2, -0.15) is 0 Å². The largest absolute Gasteiger partial charge is 0.299 e. The molecule has 28 heavy (non-hydrogen) atoms. The number of aryl methyl sites for hydroxylation is 2. The number of pyridine rings is 1. The Hall–Kier alpha value is -1.76. The third kappa shape index (κ3) is 4.80. The van der Waals surface area contributed by atoms with Crippen molar-refractivity contribution in [2.24, 2.45) is 5.92 Å². The number of nitrogens with one attached hydrogen (secondary N) is 1. The highest BCUT2D eigenvalue weighted by molar-refractivity contribution is 7.89. The normalized spacial score (nSPS) is 16.4. The summed E-state index contributed by atoms with van der Waals surface area (Å²) in [7, 11) is -3.50. The summed E-state index contributed by atoms with van der Waals surface area (Å²) in [6.45, 7) is 11.2. The molecule has 1 aliphatic heterocycles. The molecule has 1 aliphatic rings. The maximum Gasteiger partial charge on any atom is 0.241 e. The van der Waals surface area contributed by atoms with E-state index in [0.29, 0.717) is 17.4 Å². The third-order valence-electron chi connectivity index (χ3n) is 5.99. The molecule has 0 spiro atoms. The van der Waals surface area contributed by atoms with Crippen LogP contribution in [0.25, 0.3) is 0 Å². The van der Waals surface area contributed by atoms with Gasteiger partial charge in [0.1, 0.15) is 0 Å². The standard InChI is InChI=1S/C22H31N3O2S/c1-16-13-17(2)19(4)22(18(16)3)28(26,27)24-14-20-7-11-25(12-8-20)15-21-5-9-23-10-6-21/h5-6,9-10,13,20,24H,7-8,11-12,14-15H2,1-4H3. The van der Waals surface area contributed by atoms with Crippen LogP contribution in [0.2, 0.25) is 0 Å². The first-order chi connectivity index (χ1) is 13.3. The molecule has 1 saturated heterocycles. The van der Waals surface area contributed by atoms with E-state index in [1.807, 2.05) is 40.1 Å². The van der Waals surface area contributed by atoms with Gasteiger partial charge < -0.3 is 0 Å². The minimum Gasteiger partial charge on any atom is -0.299 e. The van der Waals surface area contributed by atoms with E-state index in [1.54, 1.807) is 0 Å². The maximum atomic E-state index is 13.0. The first-order valence-corrected chi connectivity index (χ1v) is 11.4. The van der Waals surface area contributed by atoms with Crippen molar-refractivity contribution < 1.29 is 8.42 Å². The summed E-state index contributed by atoms with van der Waals surface area (Å²) in [5, 5.41) is 0. The van der Waals surface area contributed by atoms with Gasteiger partial charge in [-0.25, -0.2) is 13.1 Å². The Morgan fingerprint density at radius 2 is 1.61 bits per heavy atom. The SMILES string of the molecule is Cc1cc(C)c(C)c(S(=O)(=O)NCC2CCN(Cc3ccncc3)CC2)c1C. The predicted molar refractivity (Wildman–Crippen MR) is 113 cm³/mol. The number of likely N-dealkylation sites (tertiary alicyclic amines) is 1. The smallest absolute Gasteiger partial charge is 0.241 e. The number of nitrogens with zero attached hydrogens (tertiary/aromatic N) is 2. The summed E-state index contributed by atoms with van der Waals surface area (Å²) >= 11 is 0. The molecule has 1 fully saturated rings. The fraction of sp³-hybridized carbons (Fsp3) is 0.500. The molecule has 0 saturated carbocycles. The van der Waals surface area contributed by atoms with Crippen LogP contribution in [-0.2, 0) is 16.6 Å². The van der Waals surface area contributed by atoms with E-state index in [2.05, 4.69) is 32.8 Å². The molecule has 0 atom stereocenters. The summed E-state index contributed by atoms with van der Waals surface area (Å²) < 4.78 is 28.9. The lowest BCUT2D eigenvalue weighted by Crippen LogP contribution is -2.38. The Balaban J connectivity index is 1.58. The molecule has 2 heterocycles. The maximum absolute atomic E-state index is 13.0. The van der Waals surface area contributed by atoms with Crippen LogP contribution in [0.5, 0.6) is 0 Å². The van der Waals surface area contributed by atoms with Gasteiger partial charge >= 0.3 is 0 Å². The molecule has 2 aromatic rings. The zero-order valence-electron chi connectivity index (χ0n) is 17.3. The second kappa shape index (κ2) is 8.72. The van der Waals surface area contributed by atoms with Gasteiger partial charge in [0.25, 0.3) is 0 Å². The highest BCUT2D eigenvalue weighted by Gasteiger charge is 2.25. The highest BCUT2D eigenvalue weighted by Crippen LogP contribution is 2.26. The van der Waals surface area contributed by atoms with Crippen LogP contribution in [0.1, 0.15) is 40.7 Å². The van der Waals surface area contributed by atoms with Gasteiger partial charge in [-0.15, -0.1) is 0 Å². The van der Waals surface area contributed by atoms with Crippen LogP contribution in [-0.4, -0.2) is 37.9 Å². The molecule has 0 amide bonds. The lowest BCUT2D eigenvalue weighted by molar-refractivity contribution is 0.178. The topological polar surface area (TPSA) is 62.3 Å². The number of aromatic nitrogens is 1. The summed E-state index contributed by atoms with van der Waals surface area (Å²) in [5.41, 5.74) is 5.02. The van der Waals surface area contributed by atoms with Crippen molar-refractivity contribution in [1.82, 2.24) is 14.6 Å². The predicted octanol–water partition coefficient (Wildman–Crippen LogP) is 3.51. The van der Waals surface area contributed by atoms with Crippen LogP contribution in [0, 0.1) is 33.6 Å². The van der Waals surface area contributed by atoms with Gasteiger partial charge in [-0.1, -0.05) is 6.07 Å². The fourth-order valence-electron chi connectivity index (χ4n) is 3.98. The molecule has 5 nitrogen and oxygen atoms in total. The lowest BCUT2D eigenvalue weighted by Gasteiger charge is -2.32. The van der Waals surface area contributed by atoms with Crippen LogP contribution in [0.3, 0.4) is 0 Å². The summed E-state index contributed by atoms with van der Waals surface area (Å²) in [6, 6.07) is 6.16. The molecule has 1 N–H and O–H groups in total. The second-order valence-electron chi connectivity index (χ2n) is 8.02. The molecule has 152 valence electrons. The molecule has 0 bridgehead atoms. The molecule has 3 rings (SSSR count). The Bertz CT molecular complexity index is 892. The molecule has 0 unspecified atom stereocenters. The van der Waals surface area contributed by atoms with Crippen LogP contribution in [0.15, 0.2) is 35.5 Å². The summed E-state index contributed by atoms with van der Waals surface area (Å²) in [5.74, 6) is 0.384. The molecule has 1 aromatic carbocycles. The molecular weight excluding hydrogens is 370 g/mol. The van der Waals surface area contributed by atoms with Crippen molar-refractivity contribution in [1.29, 1.82) is 0 Å². The van der Waals surface area contributed by atoms with E-state index in [-0.39, 0.29) is 0 Å². The monoisotopic (exact) mass is 401 g/mol. The first-order valence-electron chi connectivity index (χ1n) is 9.96. The molecule has 0 aliphatic carbocycles. The average Bonchev–Trinajstić information content (AvgIpc) is 2.67. The van der Waals surface area contributed by atoms with E-state index < -0.39 is 10.0 Å². The average molecular weight is 402 g/mol. The quantitative estimate of drug-likeness (QED) is 0.805. The fourth-order valence-corrected chi connectivity index (χ4v) is 5.71. The van der Waals surface area contributed by atoms with Gasteiger partial charge in [-0.05, 0) is 99.5 Å². The number of benzene rings is 1. The molecule has 0 radical (unpaired) electrons. The Morgan fingerprint density at radius 3 is 2.18 bits per heavy atom. The number of hydrogen-bond donors (Lipinski definition) is 1. The number of hydrogen-bond acceptors (Lipinski definition) is 4. The third-order valence-corrected chi connectivity index (χ3v) is 7.69. The van der Waals surface area contributed by atoms with E-state index >= 15 is 0 Å². The van der Waals surface area contributed by atoms with Crippen molar-refractivity contribution in [3.63, 3.8) is 0 Å². The van der Waals surface area contributed by atoms with E-state index in [0.717, 1.165) is 54.7 Å². The second-order valence-corrected chi connectivity index (χ2v) is 9.72. The van der Waals surface area contributed by atoms with E-state index in [9.17, 15) is 8.42 Å². The molecular formula is C22H31N3O2S. The molecule has 6 heteroatoms. The van der Waals surface area contributed by atoms with Crippen molar-refractivity contribution in [2.45, 2.75) is 52.0 Å². The zero-order chi connectivity index (χ0) is 20.3. The minimum atomic E-state index is -3.50. The van der Waals surface area contributed by atoms with Gasteiger partial charge in [0, 0.05) is 25.5 Å². The Kier molecular flexibility index (Phi) is 6.53. The molecule has 1 aromatic heterocycles. The van der Waals surface area contributed by atoms with Gasteiger partial charge in [-0.3, -0.25) is 9.88 Å². The van der Waals surface area contributed by atoms with Crippen LogP contribution < -0.4 is 4.72 Å². The Labute approximate surface area is 169 Å². The van der Waals surface area contributed by atoms with Crippen molar-refractivity contribution in [3.8, 4) is 0 Å².